The van der Waals surface area contributed by atoms with Crippen molar-refractivity contribution < 1.29 is 4.79 Å². The van der Waals surface area contributed by atoms with Crippen molar-refractivity contribution in [1.82, 2.24) is 29.5 Å². The van der Waals surface area contributed by atoms with Gasteiger partial charge in [0, 0.05) is 32.2 Å². The molecule has 7 nitrogen and oxygen atoms in total. The molecule has 0 atom stereocenters. The Kier molecular flexibility index (Phi) is 5.89. The monoisotopic (exact) mass is 400 g/mol. The first-order valence-corrected chi connectivity index (χ1v) is 10.4. The maximum absolute atomic E-state index is 12.0. The van der Waals surface area contributed by atoms with E-state index in [4.69, 9.17) is 12.2 Å². The van der Waals surface area contributed by atoms with Crippen molar-refractivity contribution in [3.8, 4) is 0 Å². The summed E-state index contributed by atoms with van der Waals surface area (Å²) >= 11 is 5.68. The van der Waals surface area contributed by atoms with Crippen LogP contribution in [0, 0.1) is 11.7 Å². The minimum Gasteiger partial charge on any atom is -0.352 e. The van der Waals surface area contributed by atoms with Crippen LogP contribution in [0.25, 0.3) is 0 Å². The molecule has 150 valence electrons. The molecule has 0 bridgehead atoms. The number of carbonyl (C=O) groups excluding carboxylic acids is 1. The molecule has 2 fully saturated rings. The van der Waals surface area contributed by atoms with Crippen LogP contribution in [-0.4, -0.2) is 68.8 Å². The standard InChI is InChI=1S/C20H28N6OS/c1-16-22-26(20(28)25(16)13-17-5-3-2-4-6-17)15-24-11-9-23(10-12-24)14-19(27)21-18-7-8-18/h2-6,18H,7-15H2,1H3,(H,21,27). The smallest absolute Gasteiger partial charge is 0.234 e. The zero-order chi connectivity index (χ0) is 19.5. The molecule has 1 aromatic carbocycles. The van der Waals surface area contributed by atoms with E-state index in [1.54, 1.807) is 0 Å². The third-order valence-electron chi connectivity index (χ3n) is 5.40. The first kappa shape index (κ1) is 19.3. The Morgan fingerprint density at radius 2 is 1.82 bits per heavy atom. The maximum atomic E-state index is 12.0. The third-order valence-corrected chi connectivity index (χ3v) is 5.83. The number of nitrogens with zero attached hydrogens (tertiary/aromatic N) is 5. The van der Waals surface area contributed by atoms with Gasteiger partial charge in [-0.2, -0.15) is 5.10 Å². The molecule has 2 heterocycles. The number of benzene rings is 1. The molecular formula is C20H28N6OS. The number of amides is 1. The predicted octanol–water partition coefficient (Wildman–Crippen LogP) is 1.62. The Bertz CT molecular complexity index is 865. The molecule has 4 rings (SSSR count). The van der Waals surface area contributed by atoms with Gasteiger partial charge < -0.3 is 5.32 Å². The van der Waals surface area contributed by atoms with Crippen molar-refractivity contribution in [2.45, 2.75) is 39.0 Å². The average Bonchev–Trinajstić information content (AvgIpc) is 3.46. The molecule has 1 aliphatic heterocycles. The highest BCUT2D eigenvalue weighted by Crippen LogP contribution is 2.18. The van der Waals surface area contributed by atoms with Crippen LogP contribution in [0.5, 0.6) is 0 Å². The molecule has 1 N–H and O–H groups in total. The lowest BCUT2D eigenvalue weighted by Gasteiger charge is -2.33. The van der Waals surface area contributed by atoms with Gasteiger partial charge in [0.25, 0.3) is 0 Å². The maximum Gasteiger partial charge on any atom is 0.234 e. The Morgan fingerprint density at radius 1 is 1.14 bits per heavy atom. The van der Waals surface area contributed by atoms with Gasteiger partial charge in [-0.25, -0.2) is 4.68 Å². The van der Waals surface area contributed by atoms with E-state index in [0.717, 1.165) is 56.2 Å². The van der Waals surface area contributed by atoms with Crippen molar-refractivity contribution in [2.24, 2.45) is 0 Å². The minimum atomic E-state index is 0.161. The highest BCUT2D eigenvalue weighted by molar-refractivity contribution is 7.71. The van der Waals surface area contributed by atoms with Crippen LogP contribution in [0.15, 0.2) is 30.3 Å². The Balaban J connectivity index is 1.31. The van der Waals surface area contributed by atoms with Crippen molar-refractivity contribution >= 4 is 18.1 Å². The summed E-state index contributed by atoms with van der Waals surface area (Å²) in [6.07, 6.45) is 2.27. The van der Waals surface area contributed by atoms with Gasteiger partial charge in [-0.1, -0.05) is 30.3 Å². The van der Waals surface area contributed by atoms with Gasteiger partial charge in [-0.3, -0.25) is 19.2 Å². The van der Waals surface area contributed by atoms with E-state index in [2.05, 4.69) is 36.9 Å². The van der Waals surface area contributed by atoms with Crippen molar-refractivity contribution in [3.05, 3.63) is 46.5 Å². The molecule has 2 aliphatic rings. The summed E-state index contributed by atoms with van der Waals surface area (Å²) in [5.41, 5.74) is 1.22. The summed E-state index contributed by atoms with van der Waals surface area (Å²) in [5.74, 6) is 1.10. The third kappa shape index (κ3) is 4.87. The molecule has 0 unspecified atom stereocenters. The summed E-state index contributed by atoms with van der Waals surface area (Å²) in [6.45, 7) is 7.59. The first-order chi connectivity index (χ1) is 13.6. The van der Waals surface area contributed by atoms with Crippen LogP contribution >= 0.6 is 12.2 Å². The van der Waals surface area contributed by atoms with E-state index >= 15 is 0 Å². The SMILES string of the molecule is Cc1nn(CN2CCN(CC(=O)NC3CC3)CC2)c(=S)n1Cc1ccccc1. The van der Waals surface area contributed by atoms with Crippen LogP contribution in [0.3, 0.4) is 0 Å². The molecule has 1 amide bonds. The summed E-state index contributed by atoms with van der Waals surface area (Å²) in [5, 5.41) is 7.73. The van der Waals surface area contributed by atoms with Gasteiger partial charge in [0.2, 0.25) is 5.91 Å². The number of rotatable bonds is 7. The lowest BCUT2D eigenvalue weighted by molar-refractivity contribution is -0.122. The van der Waals surface area contributed by atoms with E-state index in [1.165, 1.54) is 5.56 Å². The highest BCUT2D eigenvalue weighted by Gasteiger charge is 2.25. The average molecular weight is 401 g/mol. The fourth-order valence-corrected chi connectivity index (χ4v) is 3.87. The number of hydrogen-bond donors (Lipinski definition) is 1. The van der Waals surface area contributed by atoms with E-state index < -0.39 is 0 Å². The lowest BCUT2D eigenvalue weighted by atomic mass is 10.2. The molecule has 1 saturated heterocycles. The topological polar surface area (TPSA) is 58.3 Å². The summed E-state index contributed by atoms with van der Waals surface area (Å²) in [6, 6.07) is 10.8. The molecule has 1 saturated carbocycles. The number of carbonyl (C=O) groups is 1. The predicted molar refractivity (Wildman–Crippen MR) is 111 cm³/mol. The van der Waals surface area contributed by atoms with Gasteiger partial charge in [-0.15, -0.1) is 0 Å². The van der Waals surface area contributed by atoms with Gasteiger partial charge in [0.1, 0.15) is 5.82 Å². The lowest BCUT2D eigenvalue weighted by Crippen LogP contribution is -2.49. The first-order valence-electron chi connectivity index (χ1n) is 10.0. The zero-order valence-electron chi connectivity index (χ0n) is 16.4. The van der Waals surface area contributed by atoms with E-state index in [0.29, 0.717) is 19.3 Å². The van der Waals surface area contributed by atoms with Gasteiger partial charge in [0.15, 0.2) is 4.77 Å². The number of hydrogen-bond acceptors (Lipinski definition) is 5. The van der Waals surface area contributed by atoms with Crippen molar-refractivity contribution in [1.29, 1.82) is 0 Å². The van der Waals surface area contributed by atoms with Crippen molar-refractivity contribution in [3.63, 3.8) is 0 Å². The number of nitrogens with one attached hydrogen (secondary N) is 1. The quantitative estimate of drug-likeness (QED) is 0.716. The Morgan fingerprint density at radius 3 is 2.50 bits per heavy atom. The summed E-state index contributed by atoms with van der Waals surface area (Å²) < 4.78 is 4.76. The van der Waals surface area contributed by atoms with E-state index in [9.17, 15) is 4.79 Å². The van der Waals surface area contributed by atoms with Crippen molar-refractivity contribution in [2.75, 3.05) is 32.7 Å². The second-order valence-electron chi connectivity index (χ2n) is 7.78. The van der Waals surface area contributed by atoms with Gasteiger partial charge in [-0.05, 0) is 37.5 Å². The minimum absolute atomic E-state index is 0.161. The summed E-state index contributed by atoms with van der Waals surface area (Å²) in [4.78, 5) is 16.6. The fraction of sp³-hybridized carbons (Fsp3) is 0.550. The van der Waals surface area contributed by atoms with Gasteiger partial charge >= 0.3 is 0 Å². The fourth-order valence-electron chi connectivity index (χ4n) is 3.57. The van der Waals surface area contributed by atoms with E-state index in [-0.39, 0.29) is 5.91 Å². The highest BCUT2D eigenvalue weighted by atomic mass is 32.1. The van der Waals surface area contributed by atoms with Crippen LogP contribution in [0.4, 0.5) is 0 Å². The van der Waals surface area contributed by atoms with E-state index in [1.807, 2.05) is 29.8 Å². The molecule has 8 heteroatoms. The Hall–Kier alpha value is -2.03. The van der Waals surface area contributed by atoms with Gasteiger partial charge in [0.05, 0.1) is 19.8 Å². The number of aromatic nitrogens is 3. The largest absolute Gasteiger partial charge is 0.352 e. The van der Waals surface area contributed by atoms with Crippen LogP contribution in [0.1, 0.15) is 24.2 Å². The second-order valence-corrected chi connectivity index (χ2v) is 8.14. The normalized spacial score (nSPS) is 18.3. The zero-order valence-corrected chi connectivity index (χ0v) is 17.2. The second kappa shape index (κ2) is 8.55. The Labute approximate surface area is 170 Å². The molecule has 28 heavy (non-hydrogen) atoms. The molecule has 0 radical (unpaired) electrons. The molecule has 0 spiro atoms. The number of piperazine rings is 1. The summed E-state index contributed by atoms with van der Waals surface area (Å²) in [7, 11) is 0. The van der Waals surface area contributed by atoms with Crippen LogP contribution in [0.2, 0.25) is 0 Å². The molecule has 2 aromatic rings. The van der Waals surface area contributed by atoms with Crippen LogP contribution < -0.4 is 5.32 Å². The molecule has 1 aromatic heterocycles. The molecule has 1 aliphatic carbocycles. The van der Waals surface area contributed by atoms with Crippen LogP contribution in [-0.2, 0) is 18.0 Å². The number of aryl methyl sites for hydroxylation is 1. The molecular weight excluding hydrogens is 372 g/mol.